The fourth-order valence-corrected chi connectivity index (χ4v) is 4.33. The molecule has 0 fully saturated rings. The molecule has 0 radical (unpaired) electrons. The Bertz CT molecular complexity index is 1390. The number of rotatable bonds is 7. The molecule has 4 aromatic rings. The second-order valence-corrected chi connectivity index (χ2v) is 9.98. The van der Waals surface area contributed by atoms with Crippen molar-refractivity contribution in [3.05, 3.63) is 81.7 Å². The maximum absolute atomic E-state index is 12.7. The summed E-state index contributed by atoms with van der Waals surface area (Å²) >= 11 is 0. The number of aromatic hydroxyl groups is 1. The molecule has 0 atom stereocenters. The van der Waals surface area contributed by atoms with Crippen molar-refractivity contribution >= 4 is 33.6 Å². The minimum atomic E-state index is -0.414. The van der Waals surface area contributed by atoms with Crippen molar-refractivity contribution in [2.75, 3.05) is 0 Å². The van der Waals surface area contributed by atoms with Gasteiger partial charge in [-0.1, -0.05) is 77.3 Å². The van der Waals surface area contributed by atoms with E-state index in [-0.39, 0.29) is 11.2 Å². The van der Waals surface area contributed by atoms with Gasteiger partial charge in [-0.15, -0.1) is 0 Å². The summed E-state index contributed by atoms with van der Waals surface area (Å²) in [6, 6.07) is 17.5. The van der Waals surface area contributed by atoms with Crippen molar-refractivity contribution in [2.24, 2.45) is 4.99 Å². The first-order valence-corrected chi connectivity index (χ1v) is 12.1. The van der Waals surface area contributed by atoms with Crippen LogP contribution in [0.25, 0.3) is 21.7 Å². The van der Waals surface area contributed by atoms with Gasteiger partial charge in [0.2, 0.25) is 0 Å². The third-order valence-electron chi connectivity index (χ3n) is 6.37. The summed E-state index contributed by atoms with van der Waals surface area (Å²) in [5, 5.41) is 13.4. The molecule has 176 valence electrons. The van der Waals surface area contributed by atoms with Crippen LogP contribution >= 0.6 is 0 Å². The number of hydrogen-bond acceptors (Lipinski definition) is 4. The lowest BCUT2D eigenvalue weighted by atomic mass is 9.87. The standard InChI is InChI=1S/C30H33NO3/c1-5-6-7-8-11-20-18-25-23-12-9-10-13-24(23)29(33)34-28(25)26(27(20)32)19-31-22-16-14-21(15-17-22)30(2,3)4/h9-10,12-19,32H,5-8,11H2,1-4H3. The summed E-state index contributed by atoms with van der Waals surface area (Å²) in [4.78, 5) is 17.3. The first-order chi connectivity index (χ1) is 16.3. The summed E-state index contributed by atoms with van der Waals surface area (Å²) in [5.41, 5.74) is 3.32. The molecule has 4 heteroatoms. The highest BCUT2D eigenvalue weighted by Gasteiger charge is 2.17. The Morgan fingerprint density at radius 2 is 1.65 bits per heavy atom. The van der Waals surface area contributed by atoms with E-state index >= 15 is 0 Å². The predicted molar refractivity (Wildman–Crippen MR) is 142 cm³/mol. The van der Waals surface area contributed by atoms with Crippen molar-refractivity contribution in [2.45, 2.75) is 65.2 Å². The Kier molecular flexibility index (Phi) is 6.87. The molecule has 1 heterocycles. The van der Waals surface area contributed by atoms with E-state index in [1.54, 1.807) is 12.3 Å². The van der Waals surface area contributed by atoms with Crippen LogP contribution in [0.3, 0.4) is 0 Å². The van der Waals surface area contributed by atoms with Gasteiger partial charge >= 0.3 is 5.63 Å². The molecule has 0 bridgehead atoms. The number of nitrogens with zero attached hydrogens (tertiary/aromatic N) is 1. The molecule has 1 N–H and O–H groups in total. The van der Waals surface area contributed by atoms with Gasteiger partial charge < -0.3 is 9.52 Å². The number of benzene rings is 3. The molecule has 0 aliphatic rings. The molecule has 4 nitrogen and oxygen atoms in total. The Morgan fingerprint density at radius 1 is 0.941 bits per heavy atom. The highest BCUT2D eigenvalue weighted by Crippen LogP contribution is 2.35. The van der Waals surface area contributed by atoms with E-state index in [1.807, 2.05) is 36.4 Å². The molecular weight excluding hydrogens is 422 g/mol. The molecule has 0 spiro atoms. The first kappa shape index (κ1) is 23.7. The average Bonchev–Trinajstić information content (AvgIpc) is 2.82. The quantitative estimate of drug-likeness (QED) is 0.134. The molecule has 1 aromatic heterocycles. The van der Waals surface area contributed by atoms with E-state index in [0.29, 0.717) is 16.5 Å². The molecule has 0 saturated heterocycles. The maximum atomic E-state index is 12.7. The largest absolute Gasteiger partial charge is 0.507 e. The number of unbranched alkanes of at least 4 members (excludes halogenated alkanes) is 3. The highest BCUT2D eigenvalue weighted by atomic mass is 16.4. The number of aliphatic imine (C=N–C) groups is 1. The van der Waals surface area contributed by atoms with E-state index in [9.17, 15) is 9.90 Å². The SMILES string of the molecule is CCCCCCc1cc2c(oc(=O)c3ccccc32)c(C=Nc2ccc(C(C)(C)C)cc2)c1O. The van der Waals surface area contributed by atoms with E-state index < -0.39 is 5.63 Å². The third kappa shape index (κ3) is 4.91. The molecule has 34 heavy (non-hydrogen) atoms. The summed E-state index contributed by atoms with van der Waals surface area (Å²) in [6.45, 7) is 8.71. The molecule has 0 unspecified atom stereocenters. The molecular formula is C30H33NO3. The number of hydrogen-bond donors (Lipinski definition) is 1. The van der Waals surface area contributed by atoms with Crippen LogP contribution in [-0.4, -0.2) is 11.3 Å². The van der Waals surface area contributed by atoms with Gasteiger partial charge in [-0.3, -0.25) is 4.99 Å². The van der Waals surface area contributed by atoms with E-state index in [2.05, 4.69) is 44.8 Å². The predicted octanol–water partition coefficient (Wildman–Crippen LogP) is 7.82. The molecule has 0 aliphatic carbocycles. The monoisotopic (exact) mass is 455 g/mol. The maximum Gasteiger partial charge on any atom is 0.344 e. The Morgan fingerprint density at radius 3 is 2.32 bits per heavy atom. The van der Waals surface area contributed by atoms with Gasteiger partial charge in [-0.05, 0) is 59.0 Å². The number of phenols is 1. The lowest BCUT2D eigenvalue weighted by Gasteiger charge is -2.18. The average molecular weight is 456 g/mol. The minimum Gasteiger partial charge on any atom is -0.507 e. The van der Waals surface area contributed by atoms with Crippen LogP contribution in [0, 0.1) is 0 Å². The lowest BCUT2D eigenvalue weighted by molar-refractivity contribution is 0.463. The third-order valence-corrected chi connectivity index (χ3v) is 6.37. The Hall–Kier alpha value is -3.40. The minimum absolute atomic E-state index is 0.0628. The van der Waals surface area contributed by atoms with E-state index in [0.717, 1.165) is 47.7 Å². The van der Waals surface area contributed by atoms with Gasteiger partial charge in [-0.25, -0.2) is 4.79 Å². The molecule has 0 aliphatic heterocycles. The molecule has 3 aromatic carbocycles. The van der Waals surface area contributed by atoms with Crippen molar-refractivity contribution in [3.63, 3.8) is 0 Å². The van der Waals surface area contributed by atoms with Crippen LogP contribution in [0.15, 0.2) is 68.8 Å². The molecule has 0 saturated carbocycles. The number of aryl methyl sites for hydroxylation is 1. The van der Waals surface area contributed by atoms with Gasteiger partial charge in [-0.2, -0.15) is 0 Å². The fourth-order valence-electron chi connectivity index (χ4n) is 4.33. The molecule has 4 rings (SSSR count). The van der Waals surface area contributed by atoms with Gasteiger partial charge in [0.25, 0.3) is 0 Å². The topological polar surface area (TPSA) is 62.8 Å². The van der Waals surface area contributed by atoms with Gasteiger partial charge in [0.1, 0.15) is 5.75 Å². The summed E-state index contributed by atoms with van der Waals surface area (Å²) in [5.74, 6) is 0.137. The van der Waals surface area contributed by atoms with Gasteiger partial charge in [0.05, 0.1) is 16.6 Å². The van der Waals surface area contributed by atoms with Crippen LogP contribution in [-0.2, 0) is 11.8 Å². The lowest BCUT2D eigenvalue weighted by Crippen LogP contribution is -2.10. The smallest absolute Gasteiger partial charge is 0.344 e. The van der Waals surface area contributed by atoms with Crippen molar-refractivity contribution < 1.29 is 9.52 Å². The summed E-state index contributed by atoms with van der Waals surface area (Å²) < 4.78 is 5.73. The first-order valence-electron chi connectivity index (χ1n) is 12.1. The zero-order valence-corrected chi connectivity index (χ0v) is 20.5. The van der Waals surface area contributed by atoms with Crippen molar-refractivity contribution in [3.8, 4) is 5.75 Å². The zero-order valence-electron chi connectivity index (χ0n) is 20.5. The van der Waals surface area contributed by atoms with Crippen LogP contribution in [0.1, 0.15) is 70.1 Å². The molecule has 0 amide bonds. The van der Waals surface area contributed by atoms with Gasteiger partial charge in [0.15, 0.2) is 5.58 Å². The van der Waals surface area contributed by atoms with Crippen molar-refractivity contribution in [1.29, 1.82) is 0 Å². The van der Waals surface area contributed by atoms with E-state index in [4.69, 9.17) is 4.42 Å². The second-order valence-electron chi connectivity index (χ2n) is 9.98. The van der Waals surface area contributed by atoms with Crippen LogP contribution in [0.2, 0.25) is 0 Å². The van der Waals surface area contributed by atoms with Gasteiger partial charge in [0, 0.05) is 11.6 Å². The van der Waals surface area contributed by atoms with Crippen LogP contribution in [0.5, 0.6) is 5.75 Å². The normalized spacial score (nSPS) is 12.2. The summed E-state index contributed by atoms with van der Waals surface area (Å²) in [7, 11) is 0. The van der Waals surface area contributed by atoms with Crippen molar-refractivity contribution in [1.82, 2.24) is 0 Å². The van der Waals surface area contributed by atoms with Crippen LogP contribution < -0.4 is 5.63 Å². The second kappa shape index (κ2) is 9.84. The Labute approximate surface area is 201 Å². The Balaban J connectivity index is 1.84. The summed E-state index contributed by atoms with van der Waals surface area (Å²) in [6.07, 6.45) is 6.82. The highest BCUT2D eigenvalue weighted by molar-refractivity contribution is 6.11. The van der Waals surface area contributed by atoms with Crippen LogP contribution in [0.4, 0.5) is 5.69 Å². The van der Waals surface area contributed by atoms with E-state index in [1.165, 1.54) is 12.0 Å². The number of fused-ring (bicyclic) bond motifs is 3. The fraction of sp³-hybridized carbons (Fsp3) is 0.333. The zero-order chi connectivity index (χ0) is 24.3. The number of phenolic OH excluding ortho intramolecular Hbond substituents is 1.